The second-order valence-electron chi connectivity index (χ2n) is 4.67. The number of anilines is 1. The Labute approximate surface area is 123 Å². The van der Waals surface area contributed by atoms with Crippen LogP contribution in [-0.4, -0.2) is 15.2 Å². The predicted octanol–water partition coefficient (Wildman–Crippen LogP) is 3.16. The summed E-state index contributed by atoms with van der Waals surface area (Å²) in [5.41, 5.74) is 3.77. The first-order valence-corrected chi connectivity index (χ1v) is 6.68. The van der Waals surface area contributed by atoms with E-state index in [-0.39, 0.29) is 12.4 Å². The molecule has 106 valence electrons. The third kappa shape index (κ3) is 3.03. The number of nitrogens with one attached hydrogen (secondary N) is 1. The van der Waals surface area contributed by atoms with E-state index in [1.165, 1.54) is 0 Å². The van der Waals surface area contributed by atoms with Gasteiger partial charge in [-0.1, -0.05) is 17.7 Å². The van der Waals surface area contributed by atoms with Gasteiger partial charge in [0.25, 0.3) is 0 Å². The number of hydrogen-bond donors (Lipinski definition) is 3. The Morgan fingerprint density at radius 3 is 2.75 bits per heavy atom. The van der Waals surface area contributed by atoms with Crippen LogP contribution in [0.4, 0.5) is 5.69 Å². The highest BCUT2D eigenvalue weighted by Gasteiger charge is 2.11. The summed E-state index contributed by atoms with van der Waals surface area (Å²) in [4.78, 5) is 4.04. The number of nitrogens with zero attached hydrogens (tertiary/aromatic N) is 1. The molecule has 20 heavy (non-hydrogen) atoms. The van der Waals surface area contributed by atoms with Gasteiger partial charge in [-0.3, -0.25) is 4.98 Å². The topological polar surface area (TPSA) is 65.4 Å². The van der Waals surface area contributed by atoms with Crippen molar-refractivity contribution in [2.75, 3.05) is 5.32 Å². The fourth-order valence-corrected chi connectivity index (χ4v) is 2.16. The third-order valence-corrected chi connectivity index (χ3v) is 3.49. The second-order valence-corrected chi connectivity index (χ2v) is 5.10. The van der Waals surface area contributed by atoms with E-state index in [1.54, 1.807) is 13.1 Å². The number of rotatable bonds is 4. The van der Waals surface area contributed by atoms with E-state index in [2.05, 4.69) is 10.3 Å². The molecule has 1 heterocycles. The van der Waals surface area contributed by atoms with Crippen molar-refractivity contribution in [1.29, 1.82) is 0 Å². The summed E-state index contributed by atoms with van der Waals surface area (Å²) in [6.45, 7) is 3.94. The molecule has 0 bridgehead atoms. The van der Waals surface area contributed by atoms with Gasteiger partial charge in [-0.2, -0.15) is 0 Å². The third-order valence-electron chi connectivity index (χ3n) is 3.26. The van der Waals surface area contributed by atoms with Gasteiger partial charge < -0.3 is 15.5 Å². The maximum absolute atomic E-state index is 10.1. The van der Waals surface area contributed by atoms with Crippen molar-refractivity contribution in [3.05, 3.63) is 51.8 Å². The summed E-state index contributed by atoms with van der Waals surface area (Å²) in [6.07, 6.45) is 1.58. The van der Waals surface area contributed by atoms with Crippen LogP contribution >= 0.6 is 11.6 Å². The highest BCUT2D eigenvalue weighted by atomic mass is 35.5. The average molecular weight is 293 g/mol. The number of benzene rings is 1. The minimum Gasteiger partial charge on any atom is -0.506 e. The molecule has 0 radical (unpaired) electrons. The van der Waals surface area contributed by atoms with E-state index in [4.69, 9.17) is 11.6 Å². The number of halogens is 1. The fraction of sp³-hybridized carbons (Fsp3) is 0.267. The molecule has 0 unspecified atom stereocenters. The van der Waals surface area contributed by atoms with Crippen molar-refractivity contribution < 1.29 is 10.2 Å². The van der Waals surface area contributed by atoms with Gasteiger partial charge in [-0.05, 0) is 31.5 Å². The Morgan fingerprint density at radius 1 is 1.30 bits per heavy atom. The van der Waals surface area contributed by atoms with Crippen LogP contribution in [0.25, 0.3) is 0 Å². The lowest BCUT2D eigenvalue weighted by molar-refractivity contribution is 0.279. The molecule has 0 saturated carbocycles. The minimum atomic E-state index is -0.160. The van der Waals surface area contributed by atoms with Crippen molar-refractivity contribution >= 4 is 17.3 Å². The first-order valence-electron chi connectivity index (χ1n) is 6.30. The highest BCUT2D eigenvalue weighted by molar-refractivity contribution is 6.30. The van der Waals surface area contributed by atoms with Crippen molar-refractivity contribution in [3.63, 3.8) is 0 Å². The Hall–Kier alpha value is -1.78. The number of aromatic nitrogens is 1. The van der Waals surface area contributed by atoms with Crippen LogP contribution in [0.15, 0.2) is 24.4 Å². The van der Waals surface area contributed by atoms with Gasteiger partial charge in [0, 0.05) is 34.6 Å². The van der Waals surface area contributed by atoms with Crippen LogP contribution < -0.4 is 5.32 Å². The van der Waals surface area contributed by atoms with E-state index in [0.29, 0.717) is 28.4 Å². The SMILES string of the molecule is Cc1ccc(Cl)cc1NCc1c(CO)cnc(C)c1O. The fourth-order valence-electron chi connectivity index (χ4n) is 1.99. The van der Waals surface area contributed by atoms with E-state index >= 15 is 0 Å². The number of aliphatic hydroxyl groups excluding tert-OH is 1. The molecule has 2 rings (SSSR count). The number of aromatic hydroxyl groups is 1. The van der Waals surface area contributed by atoms with Crippen LogP contribution in [0.3, 0.4) is 0 Å². The summed E-state index contributed by atoms with van der Waals surface area (Å²) in [5.74, 6) is 0.115. The van der Waals surface area contributed by atoms with E-state index in [0.717, 1.165) is 11.3 Å². The zero-order valence-electron chi connectivity index (χ0n) is 11.4. The maximum Gasteiger partial charge on any atom is 0.142 e. The Morgan fingerprint density at radius 2 is 2.05 bits per heavy atom. The molecule has 0 aliphatic rings. The molecule has 0 spiro atoms. The molecule has 0 atom stereocenters. The summed E-state index contributed by atoms with van der Waals surface area (Å²) in [6, 6.07) is 5.59. The molecule has 3 N–H and O–H groups in total. The monoisotopic (exact) mass is 292 g/mol. The molecular formula is C15H17ClN2O2. The zero-order valence-corrected chi connectivity index (χ0v) is 12.2. The van der Waals surface area contributed by atoms with E-state index in [9.17, 15) is 10.2 Å². The summed E-state index contributed by atoms with van der Waals surface area (Å²) in [5, 5.41) is 23.3. The van der Waals surface area contributed by atoms with Gasteiger partial charge in [0.2, 0.25) is 0 Å². The Balaban J connectivity index is 2.27. The number of hydrogen-bond acceptors (Lipinski definition) is 4. The number of aryl methyl sites for hydroxylation is 2. The highest BCUT2D eigenvalue weighted by Crippen LogP contribution is 2.26. The van der Waals surface area contributed by atoms with E-state index < -0.39 is 0 Å². The average Bonchev–Trinajstić information content (AvgIpc) is 2.44. The van der Waals surface area contributed by atoms with Crippen LogP contribution in [0, 0.1) is 13.8 Å². The Bertz CT molecular complexity index is 630. The first-order chi connectivity index (χ1) is 9.52. The van der Waals surface area contributed by atoms with Crippen molar-refractivity contribution in [1.82, 2.24) is 4.98 Å². The van der Waals surface area contributed by atoms with Crippen LogP contribution in [0.1, 0.15) is 22.4 Å². The molecule has 0 fully saturated rings. The van der Waals surface area contributed by atoms with Gasteiger partial charge in [0.1, 0.15) is 5.75 Å². The van der Waals surface area contributed by atoms with E-state index in [1.807, 2.05) is 25.1 Å². The van der Waals surface area contributed by atoms with Crippen molar-refractivity contribution in [2.24, 2.45) is 0 Å². The van der Waals surface area contributed by atoms with Gasteiger partial charge >= 0.3 is 0 Å². The molecule has 0 aliphatic carbocycles. The van der Waals surface area contributed by atoms with Crippen LogP contribution in [0.2, 0.25) is 5.02 Å². The summed E-state index contributed by atoms with van der Waals surface area (Å²) >= 11 is 5.97. The maximum atomic E-state index is 10.1. The minimum absolute atomic E-state index is 0.115. The van der Waals surface area contributed by atoms with Crippen LogP contribution in [0.5, 0.6) is 5.75 Å². The lowest BCUT2D eigenvalue weighted by Crippen LogP contribution is -2.06. The summed E-state index contributed by atoms with van der Waals surface area (Å²) in [7, 11) is 0. The zero-order chi connectivity index (χ0) is 14.7. The predicted molar refractivity (Wildman–Crippen MR) is 80.1 cm³/mol. The molecule has 0 aliphatic heterocycles. The quantitative estimate of drug-likeness (QED) is 0.810. The molecule has 5 heteroatoms. The molecule has 1 aromatic heterocycles. The second kappa shape index (κ2) is 6.11. The largest absolute Gasteiger partial charge is 0.506 e. The van der Waals surface area contributed by atoms with Crippen LogP contribution in [-0.2, 0) is 13.2 Å². The van der Waals surface area contributed by atoms with Gasteiger partial charge in [0.15, 0.2) is 0 Å². The standard InChI is InChI=1S/C15H17ClN2O2/c1-9-3-4-12(16)5-14(9)18-7-13-11(8-19)6-17-10(2)15(13)20/h3-6,18-20H,7-8H2,1-2H3. The summed E-state index contributed by atoms with van der Waals surface area (Å²) < 4.78 is 0. The molecule has 0 amide bonds. The van der Waals surface area contributed by atoms with Gasteiger partial charge in [-0.15, -0.1) is 0 Å². The molecule has 2 aromatic rings. The Kier molecular flexibility index (Phi) is 4.47. The smallest absolute Gasteiger partial charge is 0.142 e. The van der Waals surface area contributed by atoms with Gasteiger partial charge in [-0.25, -0.2) is 0 Å². The molecule has 4 nitrogen and oxygen atoms in total. The normalized spacial score (nSPS) is 10.6. The van der Waals surface area contributed by atoms with Crippen molar-refractivity contribution in [3.8, 4) is 5.75 Å². The lowest BCUT2D eigenvalue weighted by Gasteiger charge is -2.14. The lowest BCUT2D eigenvalue weighted by atomic mass is 10.1. The van der Waals surface area contributed by atoms with Crippen molar-refractivity contribution in [2.45, 2.75) is 27.0 Å². The first kappa shape index (κ1) is 14.6. The number of aliphatic hydroxyl groups is 1. The molecular weight excluding hydrogens is 276 g/mol. The number of pyridine rings is 1. The molecule has 1 aromatic carbocycles. The van der Waals surface area contributed by atoms with Gasteiger partial charge in [0.05, 0.1) is 12.3 Å². The molecule has 0 saturated heterocycles.